The van der Waals surface area contributed by atoms with Gasteiger partial charge in [0.25, 0.3) is 5.91 Å². The summed E-state index contributed by atoms with van der Waals surface area (Å²) in [5.74, 6) is -1.68. The first-order valence-corrected chi connectivity index (χ1v) is 14.4. The van der Waals surface area contributed by atoms with E-state index in [1.54, 1.807) is 0 Å². The van der Waals surface area contributed by atoms with Crippen molar-refractivity contribution in [3.8, 4) is 0 Å². The highest BCUT2D eigenvalue weighted by Gasteiger charge is 2.26. The Kier molecular flexibility index (Phi) is 13.6. The maximum Gasteiger partial charge on any atom is 0.354 e. The molecule has 2 atom stereocenters. The molecule has 0 aromatic heterocycles. The van der Waals surface area contributed by atoms with Crippen LogP contribution in [0.1, 0.15) is 54.4 Å². The third-order valence-corrected chi connectivity index (χ3v) is 6.87. The molecule has 2 unspecified atom stereocenters. The fourth-order valence-corrected chi connectivity index (χ4v) is 4.49. The molecule has 218 valence electrons. The van der Waals surface area contributed by atoms with Gasteiger partial charge in [-0.3, -0.25) is 9.59 Å². The molecule has 0 aliphatic rings. The molecule has 0 fully saturated rings. The molecule has 3 aromatic rings. The molecule has 0 saturated heterocycles. The predicted octanol–water partition coefficient (Wildman–Crippen LogP) is 3.55. The monoisotopic (exact) mass is 558 g/mol. The molecule has 41 heavy (non-hydrogen) atoms. The molecule has 2 amide bonds. The smallest absolute Gasteiger partial charge is 0.341 e. The van der Waals surface area contributed by atoms with E-state index in [4.69, 9.17) is 16.3 Å². The SMILES string of the molecule is NCCCCC(N)C(=O)NC(Cc1ccccc1)C(=O)ONC(=O)Cc1ccc(CCCCc2ccccc2)cc1. The second-order valence-electron chi connectivity index (χ2n) is 10.3. The van der Waals surface area contributed by atoms with Gasteiger partial charge in [-0.25, -0.2) is 4.79 Å². The Morgan fingerprint density at radius 1 is 0.707 bits per heavy atom. The average molecular weight is 559 g/mol. The zero-order valence-corrected chi connectivity index (χ0v) is 23.6. The van der Waals surface area contributed by atoms with E-state index in [1.165, 1.54) is 11.1 Å². The Hall–Kier alpha value is -4.01. The van der Waals surface area contributed by atoms with Crippen molar-refractivity contribution in [3.05, 3.63) is 107 Å². The maximum atomic E-state index is 12.9. The summed E-state index contributed by atoms with van der Waals surface area (Å²) in [6, 6.07) is 25.8. The Balaban J connectivity index is 1.45. The van der Waals surface area contributed by atoms with Crippen LogP contribution in [0.5, 0.6) is 0 Å². The van der Waals surface area contributed by atoms with Crippen LogP contribution in [-0.4, -0.2) is 36.4 Å². The van der Waals surface area contributed by atoms with Crippen LogP contribution in [0, 0.1) is 0 Å². The highest BCUT2D eigenvalue weighted by molar-refractivity contribution is 5.88. The van der Waals surface area contributed by atoms with Crippen LogP contribution in [0.3, 0.4) is 0 Å². The van der Waals surface area contributed by atoms with Gasteiger partial charge in [0.2, 0.25) is 5.91 Å². The highest BCUT2D eigenvalue weighted by Crippen LogP contribution is 2.11. The zero-order valence-electron chi connectivity index (χ0n) is 23.6. The van der Waals surface area contributed by atoms with E-state index in [2.05, 4.69) is 35.1 Å². The van der Waals surface area contributed by atoms with Gasteiger partial charge in [-0.2, -0.15) is 5.48 Å². The topological polar surface area (TPSA) is 137 Å². The minimum atomic E-state index is -1.01. The fraction of sp³-hybridized carbons (Fsp3) is 0.364. The molecule has 3 rings (SSSR count). The van der Waals surface area contributed by atoms with Crippen molar-refractivity contribution in [2.24, 2.45) is 11.5 Å². The van der Waals surface area contributed by atoms with Gasteiger partial charge in [0.05, 0.1) is 12.5 Å². The Labute approximate surface area is 242 Å². The number of amides is 2. The van der Waals surface area contributed by atoms with Crippen LogP contribution < -0.4 is 22.3 Å². The van der Waals surface area contributed by atoms with Crippen molar-refractivity contribution in [1.29, 1.82) is 0 Å². The van der Waals surface area contributed by atoms with Crippen LogP contribution in [0.25, 0.3) is 0 Å². The van der Waals surface area contributed by atoms with Crippen LogP contribution >= 0.6 is 0 Å². The van der Waals surface area contributed by atoms with Gasteiger partial charge < -0.3 is 21.6 Å². The van der Waals surface area contributed by atoms with Gasteiger partial charge in [0.15, 0.2) is 0 Å². The van der Waals surface area contributed by atoms with E-state index in [9.17, 15) is 14.4 Å². The number of unbranched alkanes of at least 4 members (excludes halogenated alkanes) is 2. The second kappa shape index (κ2) is 17.6. The summed E-state index contributed by atoms with van der Waals surface area (Å²) in [4.78, 5) is 43.1. The number of carbonyl (C=O) groups excluding carboxylic acids is 3. The first-order chi connectivity index (χ1) is 19.9. The number of rotatable bonds is 16. The van der Waals surface area contributed by atoms with E-state index in [1.807, 2.05) is 60.7 Å². The Morgan fingerprint density at radius 3 is 1.88 bits per heavy atom. The molecule has 6 N–H and O–H groups in total. The maximum absolute atomic E-state index is 12.9. The number of nitrogens with two attached hydrogens (primary N) is 2. The van der Waals surface area contributed by atoms with Crippen molar-refractivity contribution in [2.75, 3.05) is 6.54 Å². The molecular weight excluding hydrogens is 516 g/mol. The molecule has 0 aliphatic heterocycles. The zero-order chi connectivity index (χ0) is 29.3. The molecule has 0 heterocycles. The first kappa shape index (κ1) is 31.5. The molecule has 0 saturated carbocycles. The Morgan fingerprint density at radius 2 is 1.27 bits per heavy atom. The number of hydrogen-bond acceptors (Lipinski definition) is 6. The van der Waals surface area contributed by atoms with E-state index in [0.29, 0.717) is 19.4 Å². The van der Waals surface area contributed by atoms with Crippen molar-refractivity contribution in [1.82, 2.24) is 10.8 Å². The number of aryl methyl sites for hydroxylation is 2. The number of carbonyl (C=O) groups is 3. The lowest BCUT2D eigenvalue weighted by Crippen LogP contribution is -2.51. The minimum Gasteiger partial charge on any atom is -0.341 e. The summed E-state index contributed by atoms with van der Waals surface area (Å²) in [7, 11) is 0. The third-order valence-electron chi connectivity index (χ3n) is 6.87. The molecule has 0 radical (unpaired) electrons. The predicted molar refractivity (Wildman–Crippen MR) is 160 cm³/mol. The molecule has 3 aromatic carbocycles. The summed E-state index contributed by atoms with van der Waals surface area (Å²) in [5, 5.41) is 2.68. The van der Waals surface area contributed by atoms with Gasteiger partial charge in [0, 0.05) is 6.42 Å². The number of hydrogen-bond donors (Lipinski definition) is 4. The lowest BCUT2D eigenvalue weighted by molar-refractivity contribution is -0.160. The van der Waals surface area contributed by atoms with E-state index in [0.717, 1.165) is 43.2 Å². The van der Waals surface area contributed by atoms with Crippen molar-refractivity contribution < 1.29 is 19.2 Å². The summed E-state index contributed by atoms with van der Waals surface area (Å²) in [6.45, 7) is 0.524. The van der Waals surface area contributed by atoms with Crippen LogP contribution in [0.2, 0.25) is 0 Å². The number of benzene rings is 3. The van der Waals surface area contributed by atoms with E-state index >= 15 is 0 Å². The van der Waals surface area contributed by atoms with Crippen molar-refractivity contribution in [3.63, 3.8) is 0 Å². The molecular formula is C33H42N4O4. The minimum absolute atomic E-state index is 0.0588. The Bertz CT molecular complexity index is 1200. The van der Waals surface area contributed by atoms with E-state index in [-0.39, 0.29) is 12.8 Å². The largest absolute Gasteiger partial charge is 0.354 e. The molecule has 8 heteroatoms. The van der Waals surface area contributed by atoms with Crippen molar-refractivity contribution in [2.45, 2.75) is 69.9 Å². The summed E-state index contributed by atoms with van der Waals surface area (Å²) in [6.07, 6.45) is 6.43. The van der Waals surface area contributed by atoms with Gasteiger partial charge in [-0.05, 0) is 67.3 Å². The molecule has 0 bridgehead atoms. The first-order valence-electron chi connectivity index (χ1n) is 14.4. The summed E-state index contributed by atoms with van der Waals surface area (Å²) < 4.78 is 0. The van der Waals surface area contributed by atoms with Crippen molar-refractivity contribution >= 4 is 17.8 Å². The summed E-state index contributed by atoms with van der Waals surface area (Å²) >= 11 is 0. The normalized spacial score (nSPS) is 12.2. The van der Waals surface area contributed by atoms with Gasteiger partial charge in [-0.1, -0.05) is 91.3 Å². The van der Waals surface area contributed by atoms with Crippen LogP contribution in [0.4, 0.5) is 0 Å². The fourth-order valence-electron chi connectivity index (χ4n) is 4.49. The molecule has 0 aliphatic carbocycles. The lowest BCUT2D eigenvalue weighted by Gasteiger charge is -2.20. The van der Waals surface area contributed by atoms with Crippen LogP contribution in [0.15, 0.2) is 84.9 Å². The molecule has 8 nitrogen and oxygen atoms in total. The van der Waals surface area contributed by atoms with E-state index < -0.39 is 29.9 Å². The lowest BCUT2D eigenvalue weighted by atomic mass is 10.0. The van der Waals surface area contributed by atoms with Gasteiger partial charge >= 0.3 is 5.97 Å². The van der Waals surface area contributed by atoms with Gasteiger partial charge in [-0.15, -0.1) is 0 Å². The van der Waals surface area contributed by atoms with Gasteiger partial charge in [0.1, 0.15) is 6.04 Å². The highest BCUT2D eigenvalue weighted by atomic mass is 16.7. The standard InChI is InChI=1S/C33H42N4O4/c34-22-10-9-17-29(35)32(39)36-30(23-27-15-5-2-6-16-27)33(40)41-37-31(38)24-28-20-18-26(19-21-28)14-8-7-13-25-11-3-1-4-12-25/h1-6,11-12,15-16,18-21,29-30H,7-10,13-14,17,22-24,34-35H2,(H,36,39)(H,37,38). The average Bonchev–Trinajstić information content (AvgIpc) is 2.99. The molecule has 0 spiro atoms. The number of nitrogens with one attached hydrogen (secondary N) is 2. The van der Waals surface area contributed by atoms with Crippen LogP contribution in [-0.2, 0) is 44.9 Å². The third kappa shape index (κ3) is 11.9. The second-order valence-corrected chi connectivity index (χ2v) is 10.3. The number of hydroxylamine groups is 1. The quantitative estimate of drug-likeness (QED) is 0.157. The summed E-state index contributed by atoms with van der Waals surface area (Å²) in [5.41, 5.74) is 18.0.